The van der Waals surface area contributed by atoms with Crippen molar-refractivity contribution in [3.05, 3.63) is 81.1 Å². The molecule has 6 rings (SSSR count). The molecule has 3 N–H and O–H groups in total. The average molecular weight is 656 g/mol. The third-order valence-electron chi connectivity index (χ3n) is 8.83. The van der Waals surface area contributed by atoms with E-state index in [0.717, 1.165) is 42.9 Å². The largest absolute Gasteiger partial charge is 0.389 e. The van der Waals surface area contributed by atoms with Gasteiger partial charge >= 0.3 is 0 Å². The number of aliphatic hydroxyl groups is 1. The van der Waals surface area contributed by atoms with Crippen LogP contribution >= 0.6 is 11.3 Å². The van der Waals surface area contributed by atoms with Gasteiger partial charge in [-0.05, 0) is 87.9 Å². The Hall–Kier alpha value is -3.39. The number of nitrogens with one attached hydrogen (secondary N) is 2. The number of nitrogens with zero attached hydrogens (tertiary/aromatic N) is 3. The third-order valence-corrected chi connectivity index (χ3v) is 11.8. The molecule has 2 aromatic carbocycles. The second-order valence-corrected chi connectivity index (χ2v) is 15.0. The van der Waals surface area contributed by atoms with Gasteiger partial charge in [0.25, 0.3) is 11.8 Å². The van der Waals surface area contributed by atoms with Crippen LogP contribution in [-0.4, -0.2) is 78.8 Å². The SMILES string of the molecule is Cc1csc([C@H]2CCCN2C(=O)c2cc(C(=O)N[C@H](Cc3cccc(F)c3)[C@H](O)[C@H]3CCCN3)cc(N3CCCS3(=O)=O)c2)n1. The maximum atomic E-state index is 14.0. The fourth-order valence-corrected chi connectivity index (χ4v) is 9.10. The summed E-state index contributed by atoms with van der Waals surface area (Å²) < 4.78 is 41.1. The van der Waals surface area contributed by atoms with Gasteiger partial charge in [0.15, 0.2) is 0 Å². The molecule has 13 heteroatoms. The van der Waals surface area contributed by atoms with E-state index in [1.807, 2.05) is 12.3 Å². The smallest absolute Gasteiger partial charge is 0.254 e. The molecular formula is C32H38FN5O5S2. The number of aliphatic hydroxyl groups excluding tert-OH is 1. The number of amides is 2. The number of aromatic nitrogens is 1. The molecule has 1 aromatic heterocycles. The van der Waals surface area contributed by atoms with Crippen molar-refractivity contribution in [1.82, 2.24) is 20.5 Å². The molecule has 3 saturated heterocycles. The molecule has 3 aliphatic heterocycles. The molecule has 0 aliphatic carbocycles. The lowest BCUT2D eigenvalue weighted by Crippen LogP contribution is -2.52. The lowest BCUT2D eigenvalue weighted by Gasteiger charge is -2.29. The number of rotatable bonds is 9. The Kier molecular flexibility index (Phi) is 9.23. The van der Waals surface area contributed by atoms with Crippen LogP contribution in [0.25, 0.3) is 0 Å². The number of likely N-dealkylation sites (tertiary alicyclic amines) is 1. The van der Waals surface area contributed by atoms with E-state index in [2.05, 4.69) is 15.6 Å². The predicted octanol–water partition coefficient (Wildman–Crippen LogP) is 3.56. The number of anilines is 1. The van der Waals surface area contributed by atoms with Crippen molar-refractivity contribution >= 4 is 38.9 Å². The molecule has 4 heterocycles. The molecule has 0 saturated carbocycles. The molecule has 45 heavy (non-hydrogen) atoms. The summed E-state index contributed by atoms with van der Waals surface area (Å²) in [6.45, 7) is 3.43. The molecule has 0 spiro atoms. The maximum absolute atomic E-state index is 14.0. The summed E-state index contributed by atoms with van der Waals surface area (Å²) >= 11 is 1.51. The third kappa shape index (κ3) is 6.91. The molecule has 0 radical (unpaired) electrons. The minimum absolute atomic E-state index is 0.0133. The van der Waals surface area contributed by atoms with E-state index < -0.39 is 33.9 Å². The Bertz CT molecular complexity index is 1680. The number of hydrogen-bond donors (Lipinski definition) is 3. The number of thiazole rings is 1. The van der Waals surface area contributed by atoms with Crippen molar-refractivity contribution in [2.45, 2.75) is 69.7 Å². The van der Waals surface area contributed by atoms with Crippen LogP contribution in [0.4, 0.5) is 10.1 Å². The topological polar surface area (TPSA) is 132 Å². The van der Waals surface area contributed by atoms with Gasteiger partial charge in [-0.2, -0.15) is 0 Å². The molecule has 3 aliphatic rings. The summed E-state index contributed by atoms with van der Waals surface area (Å²) in [6.07, 6.45) is 2.84. The highest BCUT2D eigenvalue weighted by Crippen LogP contribution is 2.36. The van der Waals surface area contributed by atoms with Crippen molar-refractivity contribution in [1.29, 1.82) is 0 Å². The van der Waals surface area contributed by atoms with Crippen LogP contribution in [0.15, 0.2) is 47.8 Å². The maximum Gasteiger partial charge on any atom is 0.254 e. The standard InChI is InChI=1S/C32H38FN5O5S2/c1-20-19-44-31(35-20)28-9-4-11-37(28)32(41)23-16-22(17-25(18-23)38-12-5-13-45(38,42)43)30(40)36-27(29(39)26-8-3-10-34-26)15-21-6-2-7-24(33)14-21/h2,6-7,14,16-19,26-29,34,39H,3-5,8-13,15H2,1H3,(H,36,40)/t26-,27-,28-,29-/m1/s1. The first kappa shape index (κ1) is 31.6. The van der Waals surface area contributed by atoms with Crippen LogP contribution in [0.3, 0.4) is 0 Å². The fraction of sp³-hybridized carbons (Fsp3) is 0.469. The van der Waals surface area contributed by atoms with Gasteiger partial charge in [-0.3, -0.25) is 13.9 Å². The monoisotopic (exact) mass is 655 g/mol. The first-order chi connectivity index (χ1) is 21.6. The van der Waals surface area contributed by atoms with Crippen LogP contribution in [0.5, 0.6) is 0 Å². The van der Waals surface area contributed by atoms with E-state index in [0.29, 0.717) is 18.5 Å². The fourth-order valence-electron chi connectivity index (χ4n) is 6.61. The van der Waals surface area contributed by atoms with Crippen LogP contribution < -0.4 is 14.9 Å². The molecule has 3 fully saturated rings. The second-order valence-electron chi connectivity index (χ2n) is 12.1. The van der Waals surface area contributed by atoms with Crippen molar-refractivity contribution in [2.75, 3.05) is 29.7 Å². The van der Waals surface area contributed by atoms with Gasteiger partial charge in [0.1, 0.15) is 10.8 Å². The molecular weight excluding hydrogens is 618 g/mol. The van der Waals surface area contributed by atoms with Crippen LogP contribution in [-0.2, 0) is 16.4 Å². The lowest BCUT2D eigenvalue weighted by atomic mass is 9.95. The zero-order chi connectivity index (χ0) is 31.7. The molecule has 2 amide bonds. The summed E-state index contributed by atoms with van der Waals surface area (Å²) in [6, 6.07) is 9.34. The van der Waals surface area contributed by atoms with E-state index in [1.165, 1.54) is 39.9 Å². The summed E-state index contributed by atoms with van der Waals surface area (Å²) in [4.78, 5) is 34.3. The van der Waals surface area contributed by atoms with E-state index in [9.17, 15) is 27.5 Å². The molecule has 0 bridgehead atoms. The van der Waals surface area contributed by atoms with Gasteiger partial charge in [-0.1, -0.05) is 12.1 Å². The van der Waals surface area contributed by atoms with Gasteiger partial charge in [0, 0.05) is 41.3 Å². The highest BCUT2D eigenvalue weighted by molar-refractivity contribution is 7.93. The van der Waals surface area contributed by atoms with Crippen molar-refractivity contribution < 1.29 is 27.5 Å². The van der Waals surface area contributed by atoms with Crippen molar-refractivity contribution in [3.8, 4) is 0 Å². The number of hydrogen-bond acceptors (Lipinski definition) is 8. The Morgan fingerprint density at radius 1 is 1.13 bits per heavy atom. The summed E-state index contributed by atoms with van der Waals surface area (Å²) in [5.41, 5.74) is 2.07. The Balaban J connectivity index is 1.33. The van der Waals surface area contributed by atoms with Gasteiger partial charge in [0.05, 0.1) is 29.6 Å². The predicted molar refractivity (Wildman–Crippen MR) is 170 cm³/mol. The first-order valence-electron chi connectivity index (χ1n) is 15.4. The Labute approximate surface area is 266 Å². The minimum Gasteiger partial charge on any atom is -0.389 e. The Morgan fingerprint density at radius 2 is 1.96 bits per heavy atom. The lowest BCUT2D eigenvalue weighted by molar-refractivity contribution is 0.0733. The Morgan fingerprint density at radius 3 is 2.64 bits per heavy atom. The van der Waals surface area contributed by atoms with Crippen molar-refractivity contribution in [2.24, 2.45) is 0 Å². The van der Waals surface area contributed by atoms with Crippen molar-refractivity contribution in [3.63, 3.8) is 0 Å². The summed E-state index contributed by atoms with van der Waals surface area (Å²) in [5.74, 6) is -1.29. The number of carbonyl (C=O) groups is 2. The summed E-state index contributed by atoms with van der Waals surface area (Å²) in [7, 11) is -3.60. The van der Waals surface area contributed by atoms with Crippen LogP contribution in [0, 0.1) is 12.7 Å². The normalized spacial score (nSPS) is 22.5. The number of benzene rings is 2. The second kappa shape index (κ2) is 13.1. The highest BCUT2D eigenvalue weighted by Gasteiger charge is 2.36. The zero-order valence-corrected chi connectivity index (χ0v) is 26.7. The summed E-state index contributed by atoms with van der Waals surface area (Å²) in [5, 5.41) is 20.3. The van der Waals surface area contributed by atoms with Crippen LogP contribution in [0.2, 0.25) is 0 Å². The van der Waals surface area contributed by atoms with E-state index in [4.69, 9.17) is 0 Å². The number of aryl methyl sites for hydroxylation is 1. The molecule has 10 nitrogen and oxygen atoms in total. The van der Waals surface area contributed by atoms with E-state index in [1.54, 1.807) is 23.1 Å². The van der Waals surface area contributed by atoms with E-state index in [-0.39, 0.29) is 53.5 Å². The molecule has 0 unspecified atom stereocenters. The quantitative estimate of drug-likeness (QED) is 0.321. The molecule has 240 valence electrons. The number of sulfonamides is 1. The number of halogens is 1. The minimum atomic E-state index is -3.60. The average Bonchev–Trinajstić information content (AvgIpc) is 3.83. The van der Waals surface area contributed by atoms with Gasteiger partial charge < -0.3 is 20.6 Å². The zero-order valence-electron chi connectivity index (χ0n) is 25.1. The van der Waals surface area contributed by atoms with E-state index >= 15 is 0 Å². The number of carbonyl (C=O) groups excluding carboxylic acids is 2. The highest BCUT2D eigenvalue weighted by atomic mass is 32.2. The first-order valence-corrected chi connectivity index (χ1v) is 17.9. The van der Waals surface area contributed by atoms with Crippen LogP contribution in [0.1, 0.15) is 75.1 Å². The van der Waals surface area contributed by atoms with Gasteiger partial charge in [0.2, 0.25) is 10.0 Å². The van der Waals surface area contributed by atoms with Gasteiger partial charge in [-0.25, -0.2) is 17.8 Å². The molecule has 3 aromatic rings. The van der Waals surface area contributed by atoms with Gasteiger partial charge in [-0.15, -0.1) is 11.3 Å². The molecule has 4 atom stereocenters.